The molecule has 0 aromatic heterocycles. The summed E-state index contributed by atoms with van der Waals surface area (Å²) >= 11 is 0. The van der Waals surface area contributed by atoms with Crippen LogP contribution in [0.4, 0.5) is 4.79 Å². The summed E-state index contributed by atoms with van der Waals surface area (Å²) in [6, 6.07) is -0.122. The van der Waals surface area contributed by atoms with Gasteiger partial charge in [0.1, 0.15) is 0 Å². The number of urea groups is 1. The van der Waals surface area contributed by atoms with Crippen LogP contribution in [-0.2, 0) is 0 Å². The van der Waals surface area contributed by atoms with Gasteiger partial charge in [0, 0.05) is 12.6 Å². The molecular weight excluding hydrogens is 144 g/mol. The van der Waals surface area contributed by atoms with Crippen LogP contribution in [0.15, 0.2) is 0 Å². The molecule has 1 aliphatic carbocycles. The molecule has 0 atom stereocenters. The van der Waals surface area contributed by atoms with E-state index in [4.69, 9.17) is 10.8 Å². The number of primary amides is 1. The predicted molar refractivity (Wildman–Crippen MR) is 41.0 cm³/mol. The van der Waals surface area contributed by atoms with Crippen molar-refractivity contribution in [3.8, 4) is 0 Å². The van der Waals surface area contributed by atoms with Crippen molar-refractivity contribution in [1.82, 2.24) is 4.90 Å². The van der Waals surface area contributed by atoms with E-state index in [1.165, 1.54) is 6.42 Å². The molecule has 3 N–H and O–H groups in total. The van der Waals surface area contributed by atoms with Gasteiger partial charge in [-0.3, -0.25) is 0 Å². The van der Waals surface area contributed by atoms with Gasteiger partial charge in [0.05, 0.1) is 6.61 Å². The molecule has 1 rings (SSSR count). The second-order valence-electron chi connectivity index (χ2n) is 2.84. The second-order valence-corrected chi connectivity index (χ2v) is 2.84. The van der Waals surface area contributed by atoms with Crippen molar-refractivity contribution in [2.45, 2.75) is 25.3 Å². The molecule has 1 aliphatic rings. The van der Waals surface area contributed by atoms with Gasteiger partial charge < -0.3 is 15.7 Å². The number of aliphatic hydroxyl groups is 1. The van der Waals surface area contributed by atoms with E-state index >= 15 is 0 Å². The highest BCUT2D eigenvalue weighted by Gasteiger charge is 2.26. The Bertz CT molecular complexity index is 145. The Kier molecular flexibility index (Phi) is 2.70. The summed E-state index contributed by atoms with van der Waals surface area (Å²) in [6.45, 7) is 0.374. The average Bonchev–Trinajstić information content (AvgIpc) is 1.82. The van der Waals surface area contributed by atoms with Gasteiger partial charge in [0.15, 0.2) is 0 Å². The molecule has 0 aromatic rings. The van der Waals surface area contributed by atoms with Crippen LogP contribution in [0.5, 0.6) is 0 Å². The highest BCUT2D eigenvalue weighted by Crippen LogP contribution is 2.23. The third-order valence-corrected chi connectivity index (χ3v) is 2.14. The molecular formula is C7H14N2O2. The summed E-state index contributed by atoms with van der Waals surface area (Å²) in [5.41, 5.74) is 5.11. The summed E-state index contributed by atoms with van der Waals surface area (Å²) in [7, 11) is 0. The van der Waals surface area contributed by atoms with Gasteiger partial charge in [0.2, 0.25) is 0 Å². The first-order valence-electron chi connectivity index (χ1n) is 3.92. The van der Waals surface area contributed by atoms with Crippen LogP contribution in [0.2, 0.25) is 0 Å². The van der Waals surface area contributed by atoms with E-state index < -0.39 is 6.03 Å². The van der Waals surface area contributed by atoms with Crippen LogP contribution in [0, 0.1) is 0 Å². The lowest BCUT2D eigenvalue weighted by molar-refractivity contribution is 0.124. The largest absolute Gasteiger partial charge is 0.395 e. The fraction of sp³-hybridized carbons (Fsp3) is 0.857. The molecule has 0 heterocycles. The van der Waals surface area contributed by atoms with Crippen molar-refractivity contribution in [1.29, 1.82) is 0 Å². The Morgan fingerprint density at radius 1 is 1.64 bits per heavy atom. The summed E-state index contributed by atoms with van der Waals surface area (Å²) < 4.78 is 0. The zero-order valence-electron chi connectivity index (χ0n) is 6.49. The Morgan fingerprint density at radius 3 is 2.55 bits per heavy atom. The van der Waals surface area contributed by atoms with E-state index in [0.29, 0.717) is 12.6 Å². The molecule has 2 amide bonds. The van der Waals surface area contributed by atoms with E-state index in [0.717, 1.165) is 12.8 Å². The molecule has 0 spiro atoms. The van der Waals surface area contributed by atoms with Crippen molar-refractivity contribution >= 4 is 6.03 Å². The van der Waals surface area contributed by atoms with Gasteiger partial charge in [-0.25, -0.2) is 4.79 Å². The Hall–Kier alpha value is -0.770. The van der Waals surface area contributed by atoms with Gasteiger partial charge in [0.25, 0.3) is 0 Å². The van der Waals surface area contributed by atoms with E-state index in [9.17, 15) is 4.79 Å². The molecule has 1 fully saturated rings. The fourth-order valence-corrected chi connectivity index (χ4v) is 1.28. The minimum Gasteiger partial charge on any atom is -0.395 e. The maximum atomic E-state index is 10.8. The molecule has 0 aliphatic heterocycles. The molecule has 4 nitrogen and oxygen atoms in total. The van der Waals surface area contributed by atoms with Crippen molar-refractivity contribution in [3.63, 3.8) is 0 Å². The monoisotopic (exact) mass is 158 g/mol. The summed E-state index contributed by atoms with van der Waals surface area (Å²) in [5.74, 6) is 0. The quantitative estimate of drug-likeness (QED) is 0.603. The van der Waals surface area contributed by atoms with Crippen molar-refractivity contribution in [2.24, 2.45) is 5.73 Å². The normalized spacial score (nSPS) is 17.5. The van der Waals surface area contributed by atoms with Gasteiger partial charge in [-0.1, -0.05) is 0 Å². The second kappa shape index (κ2) is 3.57. The highest BCUT2D eigenvalue weighted by molar-refractivity contribution is 5.72. The lowest BCUT2D eigenvalue weighted by atomic mass is 9.92. The minimum absolute atomic E-state index is 0.000556. The lowest BCUT2D eigenvalue weighted by Gasteiger charge is -2.35. The van der Waals surface area contributed by atoms with Crippen LogP contribution in [0.25, 0.3) is 0 Å². The van der Waals surface area contributed by atoms with Gasteiger partial charge in [-0.05, 0) is 19.3 Å². The Labute approximate surface area is 66.0 Å². The van der Waals surface area contributed by atoms with Crippen molar-refractivity contribution < 1.29 is 9.90 Å². The molecule has 0 bridgehead atoms. The van der Waals surface area contributed by atoms with Crippen LogP contribution < -0.4 is 5.73 Å². The van der Waals surface area contributed by atoms with Gasteiger partial charge in [-0.15, -0.1) is 0 Å². The number of amides is 2. The molecule has 4 heteroatoms. The summed E-state index contributed by atoms with van der Waals surface area (Å²) in [6.07, 6.45) is 3.23. The number of nitrogens with zero attached hydrogens (tertiary/aromatic N) is 1. The Balaban J connectivity index is 2.37. The molecule has 1 saturated carbocycles. The smallest absolute Gasteiger partial charge is 0.315 e. The lowest BCUT2D eigenvalue weighted by Crippen LogP contribution is -2.48. The standard InChI is InChI=1S/C7H14N2O2/c8-7(11)9(4-5-10)6-2-1-3-6/h6,10H,1-5H2,(H2,8,11). The van der Waals surface area contributed by atoms with Gasteiger partial charge in [-0.2, -0.15) is 0 Å². The maximum Gasteiger partial charge on any atom is 0.315 e. The van der Waals surface area contributed by atoms with Crippen LogP contribution in [0.3, 0.4) is 0 Å². The molecule has 11 heavy (non-hydrogen) atoms. The number of nitrogens with two attached hydrogens (primary N) is 1. The third-order valence-electron chi connectivity index (χ3n) is 2.14. The number of hydrogen-bond donors (Lipinski definition) is 2. The first-order chi connectivity index (χ1) is 5.25. The van der Waals surface area contributed by atoms with Crippen molar-refractivity contribution in [3.05, 3.63) is 0 Å². The first-order valence-corrected chi connectivity index (χ1v) is 3.92. The summed E-state index contributed by atoms with van der Waals surface area (Å²) in [4.78, 5) is 12.3. The minimum atomic E-state index is -0.413. The van der Waals surface area contributed by atoms with Crippen LogP contribution in [-0.4, -0.2) is 35.2 Å². The zero-order valence-corrected chi connectivity index (χ0v) is 6.49. The maximum absolute atomic E-state index is 10.8. The SMILES string of the molecule is NC(=O)N(CCO)C1CCC1. The number of rotatable bonds is 3. The van der Waals surface area contributed by atoms with Crippen LogP contribution >= 0.6 is 0 Å². The van der Waals surface area contributed by atoms with E-state index in [-0.39, 0.29) is 6.61 Å². The van der Waals surface area contributed by atoms with Crippen LogP contribution in [0.1, 0.15) is 19.3 Å². The number of aliphatic hydroxyl groups excluding tert-OH is 1. The van der Waals surface area contributed by atoms with E-state index in [1.807, 2.05) is 0 Å². The molecule has 0 aromatic carbocycles. The van der Waals surface area contributed by atoms with E-state index in [2.05, 4.69) is 0 Å². The number of carbonyl (C=O) groups is 1. The zero-order chi connectivity index (χ0) is 8.27. The predicted octanol–water partition coefficient (Wildman–Crippen LogP) is -0.0881. The number of hydrogen-bond acceptors (Lipinski definition) is 2. The number of carbonyl (C=O) groups excluding carboxylic acids is 1. The third kappa shape index (κ3) is 1.83. The molecule has 0 radical (unpaired) electrons. The molecule has 0 unspecified atom stereocenters. The van der Waals surface area contributed by atoms with Crippen molar-refractivity contribution in [2.75, 3.05) is 13.2 Å². The van der Waals surface area contributed by atoms with Gasteiger partial charge >= 0.3 is 6.03 Å². The van der Waals surface area contributed by atoms with E-state index in [1.54, 1.807) is 4.90 Å². The summed E-state index contributed by atoms with van der Waals surface area (Å²) in [5, 5.41) is 8.60. The Morgan fingerprint density at radius 2 is 2.27 bits per heavy atom. The molecule has 64 valence electrons. The topological polar surface area (TPSA) is 66.6 Å². The first kappa shape index (κ1) is 8.33. The highest BCUT2D eigenvalue weighted by atomic mass is 16.3. The average molecular weight is 158 g/mol. The fourth-order valence-electron chi connectivity index (χ4n) is 1.28. The molecule has 0 saturated heterocycles.